The average molecular weight is 257 g/mol. The summed E-state index contributed by atoms with van der Waals surface area (Å²) >= 11 is 0. The summed E-state index contributed by atoms with van der Waals surface area (Å²) in [6.07, 6.45) is 2.11. The first-order chi connectivity index (χ1) is 9.02. The smallest absolute Gasteiger partial charge is 0.0644 e. The minimum atomic E-state index is 0.222. The van der Waals surface area contributed by atoms with E-state index in [-0.39, 0.29) is 6.04 Å². The van der Waals surface area contributed by atoms with E-state index in [0.29, 0.717) is 0 Å². The van der Waals surface area contributed by atoms with Crippen LogP contribution in [0.5, 0.6) is 0 Å². The zero-order valence-electron chi connectivity index (χ0n) is 12.5. The Morgan fingerprint density at radius 2 is 1.95 bits per heavy atom. The van der Waals surface area contributed by atoms with Crippen molar-refractivity contribution in [1.29, 1.82) is 0 Å². The zero-order valence-corrected chi connectivity index (χ0v) is 12.5. The van der Waals surface area contributed by atoms with E-state index in [2.05, 4.69) is 62.5 Å². The molecule has 1 atom stereocenters. The molecule has 19 heavy (non-hydrogen) atoms. The van der Waals surface area contributed by atoms with Crippen LogP contribution in [0.3, 0.4) is 0 Å². The second kappa shape index (κ2) is 5.57. The van der Waals surface area contributed by atoms with E-state index >= 15 is 0 Å². The van der Waals surface area contributed by atoms with Gasteiger partial charge in [-0.15, -0.1) is 0 Å². The van der Waals surface area contributed by atoms with Gasteiger partial charge in [-0.3, -0.25) is 4.68 Å². The molecular weight excluding hydrogens is 234 g/mol. The number of benzene rings is 1. The fraction of sp³-hybridized carbons (Fsp3) is 0.438. The summed E-state index contributed by atoms with van der Waals surface area (Å²) in [6.45, 7) is 9.46. The van der Waals surface area contributed by atoms with Crippen LogP contribution in [0.4, 0.5) is 0 Å². The normalized spacial score (nSPS) is 12.7. The fourth-order valence-electron chi connectivity index (χ4n) is 2.64. The van der Waals surface area contributed by atoms with E-state index in [0.717, 1.165) is 12.2 Å². The van der Waals surface area contributed by atoms with E-state index in [4.69, 9.17) is 0 Å². The summed E-state index contributed by atoms with van der Waals surface area (Å²) in [4.78, 5) is 0. The van der Waals surface area contributed by atoms with Crippen molar-refractivity contribution in [3.05, 3.63) is 52.3 Å². The molecule has 3 nitrogen and oxygen atoms in total. The quantitative estimate of drug-likeness (QED) is 0.912. The Kier molecular flexibility index (Phi) is 4.05. The molecule has 0 saturated carbocycles. The molecule has 2 aromatic rings. The van der Waals surface area contributed by atoms with Crippen molar-refractivity contribution in [3.63, 3.8) is 0 Å². The van der Waals surface area contributed by atoms with Crippen molar-refractivity contribution >= 4 is 0 Å². The summed E-state index contributed by atoms with van der Waals surface area (Å²) in [5.74, 6) is 0. The molecule has 2 rings (SSSR count). The monoisotopic (exact) mass is 257 g/mol. The van der Waals surface area contributed by atoms with Crippen LogP contribution in [0.1, 0.15) is 40.9 Å². The van der Waals surface area contributed by atoms with Crippen LogP contribution >= 0.6 is 0 Å². The van der Waals surface area contributed by atoms with E-state index in [9.17, 15) is 0 Å². The van der Waals surface area contributed by atoms with Crippen molar-refractivity contribution in [2.75, 3.05) is 6.54 Å². The van der Waals surface area contributed by atoms with Crippen LogP contribution < -0.4 is 5.32 Å². The van der Waals surface area contributed by atoms with E-state index in [1.54, 1.807) is 0 Å². The van der Waals surface area contributed by atoms with Crippen LogP contribution in [-0.2, 0) is 7.05 Å². The molecular formula is C16H23N3. The van der Waals surface area contributed by atoms with Gasteiger partial charge in [-0.05, 0) is 38.4 Å². The van der Waals surface area contributed by atoms with Gasteiger partial charge in [0.15, 0.2) is 0 Å². The number of hydrogen-bond acceptors (Lipinski definition) is 2. The van der Waals surface area contributed by atoms with E-state index < -0.39 is 0 Å². The average Bonchev–Trinajstić information content (AvgIpc) is 2.66. The van der Waals surface area contributed by atoms with Gasteiger partial charge in [0.2, 0.25) is 0 Å². The van der Waals surface area contributed by atoms with Gasteiger partial charge in [-0.1, -0.05) is 30.7 Å². The summed E-state index contributed by atoms with van der Waals surface area (Å²) in [6, 6.07) is 6.87. The van der Waals surface area contributed by atoms with Crippen LogP contribution in [-0.4, -0.2) is 16.3 Å². The number of nitrogens with one attached hydrogen (secondary N) is 1. The number of aryl methyl sites for hydroxylation is 4. The third kappa shape index (κ3) is 2.87. The fourth-order valence-corrected chi connectivity index (χ4v) is 2.64. The lowest BCUT2D eigenvalue weighted by Gasteiger charge is -2.20. The highest BCUT2D eigenvalue weighted by Gasteiger charge is 2.19. The largest absolute Gasteiger partial charge is 0.306 e. The van der Waals surface area contributed by atoms with Gasteiger partial charge in [0, 0.05) is 18.8 Å². The number of rotatable bonds is 4. The molecule has 102 valence electrons. The highest BCUT2D eigenvalue weighted by molar-refractivity contribution is 5.39. The van der Waals surface area contributed by atoms with Gasteiger partial charge < -0.3 is 5.32 Å². The molecule has 0 bridgehead atoms. The third-order valence-corrected chi connectivity index (χ3v) is 3.51. The molecule has 1 aromatic carbocycles. The Bertz CT molecular complexity index is 569. The molecule has 0 spiro atoms. The SMILES string of the molecule is CCNC(c1ccc(C)cc1C)c1cn(C)nc1C. The Morgan fingerprint density at radius 3 is 2.47 bits per heavy atom. The third-order valence-electron chi connectivity index (χ3n) is 3.51. The van der Waals surface area contributed by atoms with Crippen LogP contribution in [0.15, 0.2) is 24.4 Å². The second-order valence-electron chi connectivity index (χ2n) is 5.19. The van der Waals surface area contributed by atoms with Crippen LogP contribution in [0, 0.1) is 20.8 Å². The number of nitrogens with zero attached hydrogens (tertiary/aromatic N) is 2. The molecule has 1 unspecified atom stereocenters. The van der Waals surface area contributed by atoms with E-state index in [1.807, 2.05) is 11.7 Å². The van der Waals surface area contributed by atoms with Crippen molar-refractivity contribution in [1.82, 2.24) is 15.1 Å². The van der Waals surface area contributed by atoms with Crippen molar-refractivity contribution in [2.45, 2.75) is 33.7 Å². The molecule has 3 heteroatoms. The molecule has 0 aliphatic rings. The highest BCUT2D eigenvalue weighted by Crippen LogP contribution is 2.27. The van der Waals surface area contributed by atoms with Gasteiger partial charge in [-0.25, -0.2) is 0 Å². The maximum atomic E-state index is 4.46. The summed E-state index contributed by atoms with van der Waals surface area (Å²) in [5, 5.41) is 8.04. The minimum Gasteiger partial charge on any atom is -0.306 e. The lowest BCUT2D eigenvalue weighted by molar-refractivity contribution is 0.624. The summed E-state index contributed by atoms with van der Waals surface area (Å²) in [5.41, 5.74) is 6.32. The first-order valence-electron chi connectivity index (χ1n) is 6.83. The first kappa shape index (κ1) is 13.8. The van der Waals surface area contributed by atoms with Gasteiger partial charge in [0.25, 0.3) is 0 Å². The van der Waals surface area contributed by atoms with Crippen molar-refractivity contribution < 1.29 is 0 Å². The summed E-state index contributed by atoms with van der Waals surface area (Å²) < 4.78 is 1.89. The second-order valence-corrected chi connectivity index (χ2v) is 5.19. The molecule has 0 aliphatic carbocycles. The molecule has 0 fully saturated rings. The summed E-state index contributed by atoms with van der Waals surface area (Å²) in [7, 11) is 1.97. The number of hydrogen-bond donors (Lipinski definition) is 1. The maximum absolute atomic E-state index is 4.46. The van der Waals surface area contributed by atoms with Crippen LogP contribution in [0.2, 0.25) is 0 Å². The standard InChI is InChI=1S/C16H23N3/c1-6-17-16(15-10-19(5)18-13(15)4)14-8-7-11(2)9-12(14)3/h7-10,16-17H,6H2,1-5H3. The van der Waals surface area contributed by atoms with Gasteiger partial charge in [0.05, 0.1) is 11.7 Å². The van der Waals surface area contributed by atoms with Crippen molar-refractivity contribution in [2.24, 2.45) is 7.05 Å². The molecule has 1 N–H and O–H groups in total. The topological polar surface area (TPSA) is 29.9 Å². The Morgan fingerprint density at radius 1 is 1.21 bits per heavy atom. The molecule has 0 aliphatic heterocycles. The molecule has 0 amide bonds. The van der Waals surface area contributed by atoms with E-state index in [1.165, 1.54) is 22.3 Å². The maximum Gasteiger partial charge on any atom is 0.0644 e. The van der Waals surface area contributed by atoms with Crippen LogP contribution in [0.25, 0.3) is 0 Å². The lowest BCUT2D eigenvalue weighted by Crippen LogP contribution is -2.23. The van der Waals surface area contributed by atoms with Gasteiger partial charge in [-0.2, -0.15) is 5.10 Å². The molecule has 1 aromatic heterocycles. The predicted molar refractivity (Wildman–Crippen MR) is 79.4 cm³/mol. The predicted octanol–water partition coefficient (Wildman–Crippen LogP) is 3.04. The molecule has 0 saturated heterocycles. The molecule has 0 radical (unpaired) electrons. The zero-order chi connectivity index (χ0) is 14.0. The Hall–Kier alpha value is -1.61. The number of aromatic nitrogens is 2. The van der Waals surface area contributed by atoms with Crippen molar-refractivity contribution in [3.8, 4) is 0 Å². The highest BCUT2D eigenvalue weighted by atomic mass is 15.3. The minimum absolute atomic E-state index is 0.222. The molecule has 1 heterocycles. The van der Waals surface area contributed by atoms with Gasteiger partial charge >= 0.3 is 0 Å². The Balaban J connectivity index is 2.48. The first-order valence-corrected chi connectivity index (χ1v) is 6.83. The lowest BCUT2D eigenvalue weighted by atomic mass is 9.94. The van der Waals surface area contributed by atoms with Gasteiger partial charge in [0.1, 0.15) is 0 Å². The Labute approximate surface area is 115 Å².